The van der Waals surface area contributed by atoms with Crippen LogP contribution in [0.2, 0.25) is 0 Å². The molecule has 0 atom stereocenters. The summed E-state index contributed by atoms with van der Waals surface area (Å²) in [6, 6.07) is 8.63. The van der Waals surface area contributed by atoms with Crippen LogP contribution >= 0.6 is 0 Å². The number of hydrogen-bond donors (Lipinski definition) is 1. The maximum Gasteiger partial charge on any atom is 0.0208 e. The summed E-state index contributed by atoms with van der Waals surface area (Å²) in [6.07, 6.45) is 2.44. The molecule has 1 aliphatic heterocycles. The van der Waals surface area contributed by atoms with Crippen LogP contribution in [-0.2, 0) is 13.0 Å². The standard InChI is InChI=1S/C9H11N.C3H8/c1-2-4-9-7-10-6-5-8(9)3-1;1-3-2/h1-4,10H,5-7H2;3H2,1-2H3. The van der Waals surface area contributed by atoms with Crippen molar-refractivity contribution in [3.63, 3.8) is 0 Å². The van der Waals surface area contributed by atoms with E-state index in [4.69, 9.17) is 0 Å². The first-order valence-corrected chi connectivity index (χ1v) is 5.16. The van der Waals surface area contributed by atoms with Gasteiger partial charge >= 0.3 is 0 Å². The van der Waals surface area contributed by atoms with Crippen molar-refractivity contribution in [2.75, 3.05) is 6.54 Å². The van der Waals surface area contributed by atoms with E-state index in [9.17, 15) is 0 Å². The maximum atomic E-state index is 3.34. The average molecular weight is 177 g/mol. The van der Waals surface area contributed by atoms with Crippen molar-refractivity contribution in [1.82, 2.24) is 5.32 Å². The SMILES string of the molecule is CCC.c1ccc2c(c1)CCNC2. The molecule has 0 amide bonds. The van der Waals surface area contributed by atoms with Crippen LogP contribution in [0.5, 0.6) is 0 Å². The van der Waals surface area contributed by atoms with Gasteiger partial charge in [-0.05, 0) is 24.1 Å². The fourth-order valence-electron chi connectivity index (χ4n) is 1.42. The molecule has 1 aromatic rings. The van der Waals surface area contributed by atoms with Crippen molar-refractivity contribution in [3.8, 4) is 0 Å². The Hall–Kier alpha value is -0.820. The summed E-state index contributed by atoms with van der Waals surface area (Å²) in [7, 11) is 0. The highest BCUT2D eigenvalue weighted by molar-refractivity contribution is 5.28. The zero-order valence-corrected chi connectivity index (χ0v) is 8.64. The van der Waals surface area contributed by atoms with Gasteiger partial charge in [-0.1, -0.05) is 44.5 Å². The van der Waals surface area contributed by atoms with Gasteiger partial charge in [-0.25, -0.2) is 0 Å². The predicted molar refractivity (Wildman–Crippen MR) is 57.8 cm³/mol. The summed E-state index contributed by atoms with van der Waals surface area (Å²) in [4.78, 5) is 0. The van der Waals surface area contributed by atoms with Crippen molar-refractivity contribution >= 4 is 0 Å². The number of rotatable bonds is 0. The first-order chi connectivity index (χ1) is 6.38. The molecule has 72 valence electrons. The van der Waals surface area contributed by atoms with Gasteiger partial charge < -0.3 is 5.32 Å². The molecular weight excluding hydrogens is 158 g/mol. The van der Waals surface area contributed by atoms with Crippen molar-refractivity contribution in [3.05, 3.63) is 35.4 Å². The van der Waals surface area contributed by atoms with Gasteiger partial charge in [0, 0.05) is 6.54 Å². The third kappa shape index (κ3) is 3.19. The zero-order chi connectivity index (χ0) is 9.52. The summed E-state index contributed by atoms with van der Waals surface area (Å²) in [6.45, 7) is 6.44. The van der Waals surface area contributed by atoms with Crippen LogP contribution < -0.4 is 5.32 Å². The second-order valence-corrected chi connectivity index (χ2v) is 3.40. The van der Waals surface area contributed by atoms with Crippen molar-refractivity contribution in [2.24, 2.45) is 0 Å². The number of benzene rings is 1. The maximum absolute atomic E-state index is 3.34. The van der Waals surface area contributed by atoms with Gasteiger partial charge in [0.15, 0.2) is 0 Å². The monoisotopic (exact) mass is 177 g/mol. The lowest BCUT2D eigenvalue weighted by Crippen LogP contribution is -2.23. The van der Waals surface area contributed by atoms with Gasteiger partial charge in [-0.2, -0.15) is 0 Å². The first kappa shape index (κ1) is 10.3. The van der Waals surface area contributed by atoms with Crippen LogP contribution in [0.25, 0.3) is 0 Å². The smallest absolute Gasteiger partial charge is 0.0208 e. The number of fused-ring (bicyclic) bond motifs is 1. The number of nitrogens with one attached hydrogen (secondary N) is 1. The van der Waals surface area contributed by atoms with Crippen molar-refractivity contribution in [2.45, 2.75) is 33.2 Å². The van der Waals surface area contributed by atoms with Gasteiger partial charge in [-0.3, -0.25) is 0 Å². The summed E-state index contributed by atoms with van der Waals surface area (Å²) in [5, 5.41) is 3.34. The summed E-state index contributed by atoms with van der Waals surface area (Å²) in [5.41, 5.74) is 2.98. The van der Waals surface area contributed by atoms with E-state index in [0.29, 0.717) is 0 Å². The van der Waals surface area contributed by atoms with Crippen molar-refractivity contribution < 1.29 is 0 Å². The number of hydrogen-bond acceptors (Lipinski definition) is 1. The topological polar surface area (TPSA) is 12.0 Å². The third-order valence-electron chi connectivity index (χ3n) is 2.00. The molecule has 0 radical (unpaired) electrons. The lowest BCUT2D eigenvalue weighted by molar-refractivity contribution is 0.644. The molecule has 0 saturated carbocycles. The second-order valence-electron chi connectivity index (χ2n) is 3.40. The highest BCUT2D eigenvalue weighted by Crippen LogP contribution is 2.11. The Labute approximate surface area is 81.2 Å². The minimum Gasteiger partial charge on any atom is -0.312 e. The van der Waals surface area contributed by atoms with E-state index >= 15 is 0 Å². The highest BCUT2D eigenvalue weighted by Gasteiger charge is 2.05. The lowest BCUT2D eigenvalue weighted by atomic mass is 10.0. The molecule has 1 aromatic carbocycles. The Balaban J connectivity index is 0.000000251. The van der Waals surface area contributed by atoms with Crippen molar-refractivity contribution in [1.29, 1.82) is 0 Å². The molecule has 0 aromatic heterocycles. The fourth-order valence-corrected chi connectivity index (χ4v) is 1.42. The van der Waals surface area contributed by atoms with Gasteiger partial charge in [-0.15, -0.1) is 0 Å². The summed E-state index contributed by atoms with van der Waals surface area (Å²) >= 11 is 0. The predicted octanol–water partition coefficient (Wildman–Crippen LogP) is 2.75. The Bertz CT molecular complexity index is 218. The van der Waals surface area contributed by atoms with E-state index in [1.165, 1.54) is 24.0 Å². The molecule has 2 rings (SSSR count). The largest absolute Gasteiger partial charge is 0.312 e. The lowest BCUT2D eigenvalue weighted by Gasteiger charge is -2.15. The highest BCUT2D eigenvalue weighted by atomic mass is 14.9. The molecule has 0 spiro atoms. The molecule has 1 N–H and O–H groups in total. The summed E-state index contributed by atoms with van der Waals surface area (Å²) < 4.78 is 0. The molecule has 0 fully saturated rings. The van der Waals surface area contributed by atoms with Crippen LogP contribution in [-0.4, -0.2) is 6.54 Å². The Kier molecular flexibility index (Phi) is 4.55. The Morgan fingerprint density at radius 2 is 1.77 bits per heavy atom. The zero-order valence-electron chi connectivity index (χ0n) is 8.64. The molecule has 0 saturated heterocycles. The molecule has 0 bridgehead atoms. The van der Waals surface area contributed by atoms with E-state index in [1.54, 1.807) is 0 Å². The van der Waals surface area contributed by atoms with E-state index in [2.05, 4.69) is 43.4 Å². The van der Waals surface area contributed by atoms with Crippen LogP contribution in [0.4, 0.5) is 0 Å². The molecule has 1 heteroatoms. The molecule has 0 unspecified atom stereocenters. The normalized spacial score (nSPS) is 14.0. The van der Waals surface area contributed by atoms with Gasteiger partial charge in [0.1, 0.15) is 0 Å². The molecule has 1 aliphatic rings. The third-order valence-corrected chi connectivity index (χ3v) is 2.00. The quantitative estimate of drug-likeness (QED) is 0.642. The minimum atomic E-state index is 1.05. The van der Waals surface area contributed by atoms with Gasteiger partial charge in [0.05, 0.1) is 0 Å². The van der Waals surface area contributed by atoms with Gasteiger partial charge in [0.2, 0.25) is 0 Å². The Morgan fingerprint density at radius 3 is 2.38 bits per heavy atom. The first-order valence-electron chi connectivity index (χ1n) is 5.16. The molecule has 1 heterocycles. The fraction of sp³-hybridized carbons (Fsp3) is 0.500. The molecule has 13 heavy (non-hydrogen) atoms. The molecule has 0 aliphatic carbocycles. The van der Waals surface area contributed by atoms with Gasteiger partial charge in [0.25, 0.3) is 0 Å². The molecular formula is C12H19N. The minimum absolute atomic E-state index is 1.05. The van der Waals surface area contributed by atoms with E-state index < -0.39 is 0 Å². The van der Waals surface area contributed by atoms with Crippen LogP contribution in [0.3, 0.4) is 0 Å². The van der Waals surface area contributed by atoms with Crippen LogP contribution in [0, 0.1) is 0 Å². The van der Waals surface area contributed by atoms with Crippen LogP contribution in [0.15, 0.2) is 24.3 Å². The Morgan fingerprint density at radius 1 is 1.15 bits per heavy atom. The van der Waals surface area contributed by atoms with E-state index in [1.807, 2.05) is 0 Å². The molecule has 1 nitrogen and oxygen atoms in total. The second kappa shape index (κ2) is 5.76. The summed E-state index contributed by atoms with van der Waals surface area (Å²) in [5.74, 6) is 0. The van der Waals surface area contributed by atoms with Crippen LogP contribution in [0.1, 0.15) is 31.4 Å². The average Bonchev–Trinajstić information content (AvgIpc) is 2.19. The van der Waals surface area contributed by atoms with E-state index in [-0.39, 0.29) is 0 Å². The van der Waals surface area contributed by atoms with E-state index in [0.717, 1.165) is 13.1 Å².